The van der Waals surface area contributed by atoms with Crippen LogP contribution in [0.15, 0.2) is 71.9 Å². The molecule has 0 N–H and O–H groups in total. The topological polar surface area (TPSA) is 61.2 Å². The van der Waals surface area contributed by atoms with Crippen LogP contribution in [0.25, 0.3) is 11.4 Å². The molecule has 0 radical (unpaired) electrons. The third-order valence-corrected chi connectivity index (χ3v) is 5.26. The van der Waals surface area contributed by atoms with E-state index in [2.05, 4.69) is 18.8 Å². The Labute approximate surface area is 148 Å². The van der Waals surface area contributed by atoms with E-state index in [0.717, 1.165) is 0 Å². The van der Waals surface area contributed by atoms with Crippen molar-refractivity contribution in [3.8, 4) is 17.1 Å². The molecule has 0 unspecified atom stereocenters. The predicted octanol–water partition coefficient (Wildman–Crippen LogP) is 3.82. The van der Waals surface area contributed by atoms with Gasteiger partial charge >= 0.3 is 0 Å². The minimum atomic E-state index is -3.70. The third kappa shape index (κ3) is 3.74. The van der Waals surface area contributed by atoms with Gasteiger partial charge in [0.1, 0.15) is 5.75 Å². The molecule has 0 atom stereocenters. The zero-order valence-corrected chi connectivity index (χ0v) is 15.0. The summed E-state index contributed by atoms with van der Waals surface area (Å²) in [7, 11) is -3.70. The molecule has 6 heteroatoms. The van der Waals surface area contributed by atoms with E-state index in [4.69, 9.17) is 4.74 Å². The Kier molecular flexibility index (Phi) is 4.90. The number of rotatable bonds is 6. The molecular weight excluding hydrogens is 336 g/mol. The predicted molar refractivity (Wildman–Crippen MR) is 97.0 cm³/mol. The van der Waals surface area contributed by atoms with Gasteiger partial charge in [-0.1, -0.05) is 44.2 Å². The average Bonchev–Trinajstić information content (AvgIpc) is 3.12. The van der Waals surface area contributed by atoms with Gasteiger partial charge in [-0.15, -0.1) is 0 Å². The number of benzene rings is 2. The smallest absolute Gasteiger partial charge is 0.269 e. The second-order valence-corrected chi connectivity index (χ2v) is 7.91. The second-order valence-electron chi connectivity index (χ2n) is 6.10. The van der Waals surface area contributed by atoms with Gasteiger partial charge in [-0.05, 0) is 30.2 Å². The molecule has 0 aliphatic rings. The number of nitrogens with zero attached hydrogens (tertiary/aromatic N) is 2. The van der Waals surface area contributed by atoms with Crippen LogP contribution in [0.3, 0.4) is 0 Å². The minimum Gasteiger partial charge on any atom is -0.493 e. The Morgan fingerprint density at radius 2 is 1.84 bits per heavy atom. The van der Waals surface area contributed by atoms with E-state index >= 15 is 0 Å². The van der Waals surface area contributed by atoms with Crippen molar-refractivity contribution in [3.05, 3.63) is 67.0 Å². The van der Waals surface area contributed by atoms with Crippen molar-refractivity contribution in [2.45, 2.75) is 18.7 Å². The van der Waals surface area contributed by atoms with E-state index in [9.17, 15) is 8.42 Å². The number of ether oxygens (including phenoxy) is 1. The number of hydrogen-bond acceptors (Lipinski definition) is 4. The molecule has 3 aromatic rings. The highest BCUT2D eigenvalue weighted by Gasteiger charge is 2.21. The molecule has 0 spiro atoms. The summed E-state index contributed by atoms with van der Waals surface area (Å²) in [6, 6.07) is 15.6. The fourth-order valence-electron chi connectivity index (χ4n) is 2.38. The first-order chi connectivity index (χ1) is 12.0. The van der Waals surface area contributed by atoms with Crippen molar-refractivity contribution in [2.24, 2.45) is 5.92 Å². The molecule has 0 bridgehead atoms. The Balaban J connectivity index is 1.99. The summed E-state index contributed by atoms with van der Waals surface area (Å²) in [5, 5.41) is 0. The molecule has 130 valence electrons. The van der Waals surface area contributed by atoms with Gasteiger partial charge < -0.3 is 4.74 Å². The van der Waals surface area contributed by atoms with Crippen molar-refractivity contribution in [1.82, 2.24) is 8.96 Å². The van der Waals surface area contributed by atoms with Gasteiger partial charge in [0.05, 0.1) is 11.5 Å². The lowest BCUT2D eigenvalue weighted by Crippen LogP contribution is -2.13. The van der Waals surface area contributed by atoms with Crippen LogP contribution < -0.4 is 4.74 Å². The highest BCUT2D eigenvalue weighted by molar-refractivity contribution is 7.90. The van der Waals surface area contributed by atoms with Crippen LogP contribution in [0.4, 0.5) is 0 Å². The van der Waals surface area contributed by atoms with Crippen molar-refractivity contribution < 1.29 is 13.2 Å². The standard InChI is InChI=1S/C19H20N2O3S/c1-15(2)14-24-17-8-6-7-16(13-17)19-20-11-12-21(19)25(22,23)18-9-4-3-5-10-18/h3-13,15H,14H2,1-2H3. The van der Waals surface area contributed by atoms with Crippen LogP contribution in [-0.4, -0.2) is 24.0 Å². The van der Waals surface area contributed by atoms with E-state index in [1.54, 1.807) is 30.3 Å². The molecule has 1 aromatic heterocycles. The summed E-state index contributed by atoms with van der Waals surface area (Å²) in [5.74, 6) is 1.46. The van der Waals surface area contributed by atoms with Gasteiger partial charge in [0.15, 0.2) is 5.82 Å². The largest absolute Gasteiger partial charge is 0.493 e. The average molecular weight is 356 g/mol. The molecule has 3 rings (SSSR count). The first-order valence-corrected chi connectivity index (χ1v) is 9.49. The quantitative estimate of drug-likeness (QED) is 0.673. The van der Waals surface area contributed by atoms with Crippen molar-refractivity contribution in [3.63, 3.8) is 0 Å². The molecule has 0 saturated carbocycles. The number of hydrogen-bond donors (Lipinski definition) is 0. The molecule has 25 heavy (non-hydrogen) atoms. The lowest BCUT2D eigenvalue weighted by atomic mass is 10.2. The Morgan fingerprint density at radius 1 is 1.08 bits per heavy atom. The molecule has 0 fully saturated rings. The monoisotopic (exact) mass is 356 g/mol. The summed E-state index contributed by atoms with van der Waals surface area (Å²) in [6.45, 7) is 4.74. The van der Waals surface area contributed by atoms with Gasteiger partial charge in [-0.2, -0.15) is 0 Å². The summed E-state index contributed by atoms with van der Waals surface area (Å²) < 4.78 is 32.7. The number of imidazole rings is 1. The van der Waals surface area contributed by atoms with Crippen molar-refractivity contribution in [1.29, 1.82) is 0 Å². The SMILES string of the molecule is CC(C)COc1cccc(-c2nccn2S(=O)(=O)c2ccccc2)c1. The fraction of sp³-hybridized carbons (Fsp3) is 0.211. The second kappa shape index (κ2) is 7.11. The Morgan fingerprint density at radius 3 is 2.56 bits per heavy atom. The first kappa shape index (κ1) is 17.2. The highest BCUT2D eigenvalue weighted by atomic mass is 32.2. The molecular formula is C19H20N2O3S. The van der Waals surface area contributed by atoms with Gasteiger partial charge in [-0.25, -0.2) is 17.4 Å². The maximum atomic E-state index is 12.9. The molecule has 2 aromatic carbocycles. The van der Waals surface area contributed by atoms with Crippen LogP contribution in [0.2, 0.25) is 0 Å². The van der Waals surface area contributed by atoms with Crippen LogP contribution >= 0.6 is 0 Å². The van der Waals surface area contributed by atoms with E-state index in [1.807, 2.05) is 24.3 Å². The summed E-state index contributed by atoms with van der Waals surface area (Å²) in [5.41, 5.74) is 0.686. The zero-order valence-electron chi connectivity index (χ0n) is 14.2. The fourth-order valence-corrected chi connectivity index (χ4v) is 3.70. The highest BCUT2D eigenvalue weighted by Crippen LogP contribution is 2.26. The molecule has 1 heterocycles. The van der Waals surface area contributed by atoms with Gasteiger partial charge in [-0.3, -0.25) is 0 Å². The van der Waals surface area contributed by atoms with E-state index < -0.39 is 10.0 Å². The molecule has 0 aliphatic heterocycles. The van der Waals surface area contributed by atoms with Crippen LogP contribution in [0.1, 0.15) is 13.8 Å². The zero-order chi connectivity index (χ0) is 17.9. The summed E-state index contributed by atoms with van der Waals surface area (Å²) in [6.07, 6.45) is 2.94. The minimum absolute atomic E-state index is 0.224. The summed E-state index contributed by atoms with van der Waals surface area (Å²) >= 11 is 0. The Bertz CT molecular complexity index is 948. The van der Waals surface area contributed by atoms with E-state index in [0.29, 0.717) is 29.7 Å². The molecule has 0 saturated heterocycles. The first-order valence-electron chi connectivity index (χ1n) is 8.05. The normalized spacial score (nSPS) is 11.6. The molecule has 5 nitrogen and oxygen atoms in total. The van der Waals surface area contributed by atoms with E-state index in [-0.39, 0.29) is 4.90 Å². The van der Waals surface area contributed by atoms with Gasteiger partial charge in [0.25, 0.3) is 10.0 Å². The maximum absolute atomic E-state index is 12.9. The van der Waals surface area contributed by atoms with E-state index in [1.165, 1.54) is 16.4 Å². The van der Waals surface area contributed by atoms with Crippen LogP contribution in [-0.2, 0) is 10.0 Å². The Hall–Kier alpha value is -2.60. The van der Waals surface area contributed by atoms with Crippen molar-refractivity contribution in [2.75, 3.05) is 6.61 Å². The van der Waals surface area contributed by atoms with Crippen LogP contribution in [0, 0.1) is 5.92 Å². The third-order valence-electron chi connectivity index (χ3n) is 3.58. The van der Waals surface area contributed by atoms with Crippen molar-refractivity contribution >= 4 is 10.0 Å². The van der Waals surface area contributed by atoms with Crippen LogP contribution in [0.5, 0.6) is 5.75 Å². The van der Waals surface area contributed by atoms with Gasteiger partial charge in [0.2, 0.25) is 0 Å². The lowest BCUT2D eigenvalue weighted by molar-refractivity contribution is 0.271. The maximum Gasteiger partial charge on any atom is 0.269 e. The number of aromatic nitrogens is 2. The molecule has 0 amide bonds. The lowest BCUT2D eigenvalue weighted by Gasteiger charge is -2.12. The summed E-state index contributed by atoms with van der Waals surface area (Å²) in [4.78, 5) is 4.47. The van der Waals surface area contributed by atoms with Gasteiger partial charge in [0, 0.05) is 18.0 Å². The molecule has 0 aliphatic carbocycles.